The normalized spacial score (nSPS) is 26.1. The molecule has 0 radical (unpaired) electrons. The predicted octanol–water partition coefficient (Wildman–Crippen LogP) is 1.57. The highest BCUT2D eigenvalue weighted by Gasteiger charge is 2.33. The molecule has 2 saturated heterocycles. The zero-order chi connectivity index (χ0) is 17.6. The van der Waals surface area contributed by atoms with Gasteiger partial charge in [-0.15, -0.1) is 0 Å². The Morgan fingerprint density at radius 3 is 2.76 bits per heavy atom. The fourth-order valence-corrected chi connectivity index (χ4v) is 3.94. The Bertz CT molecular complexity index is 789. The number of phenols is 1. The molecule has 2 aliphatic rings. The van der Waals surface area contributed by atoms with Crippen molar-refractivity contribution in [3.05, 3.63) is 23.9 Å². The number of piperidine rings is 1. The number of nitrogens with one attached hydrogen (secondary N) is 2. The molecule has 25 heavy (non-hydrogen) atoms. The van der Waals surface area contributed by atoms with Gasteiger partial charge in [-0.05, 0) is 38.8 Å². The average molecular weight is 344 g/mol. The summed E-state index contributed by atoms with van der Waals surface area (Å²) in [5.41, 5.74) is 1.07. The first-order valence-corrected chi connectivity index (χ1v) is 8.87. The Labute approximate surface area is 146 Å². The van der Waals surface area contributed by atoms with Crippen molar-refractivity contribution in [2.45, 2.75) is 50.9 Å². The van der Waals surface area contributed by atoms with Crippen LogP contribution in [0.3, 0.4) is 0 Å². The van der Waals surface area contributed by atoms with Gasteiger partial charge in [0.25, 0.3) is 5.91 Å². The summed E-state index contributed by atoms with van der Waals surface area (Å²) in [4.78, 5) is 12.9. The van der Waals surface area contributed by atoms with Gasteiger partial charge in [0, 0.05) is 24.2 Å². The summed E-state index contributed by atoms with van der Waals surface area (Å²) in [5, 5.41) is 21.9. The second-order valence-corrected chi connectivity index (χ2v) is 7.30. The molecule has 0 aliphatic carbocycles. The number of fused-ring (bicyclic) bond motifs is 3. The molecule has 3 N–H and O–H groups in total. The van der Waals surface area contributed by atoms with Crippen molar-refractivity contribution < 1.29 is 14.6 Å². The number of carbonyl (C=O) groups is 1. The molecule has 2 fully saturated rings. The minimum absolute atomic E-state index is 0.0881. The summed E-state index contributed by atoms with van der Waals surface area (Å²) in [5.74, 6) is -0.137. The van der Waals surface area contributed by atoms with E-state index >= 15 is 0 Å². The molecule has 0 spiro atoms. The fraction of sp³-hybridized carbons (Fsp3) is 0.556. The first-order valence-electron chi connectivity index (χ1n) is 8.87. The van der Waals surface area contributed by atoms with E-state index in [4.69, 9.17) is 4.74 Å². The Morgan fingerprint density at radius 1 is 1.36 bits per heavy atom. The lowest BCUT2D eigenvalue weighted by atomic mass is 9.92. The van der Waals surface area contributed by atoms with Crippen LogP contribution in [-0.2, 0) is 4.74 Å². The van der Waals surface area contributed by atoms with Crippen LogP contribution >= 0.6 is 0 Å². The lowest BCUT2D eigenvalue weighted by Crippen LogP contribution is -2.58. The number of phenolic OH excluding ortho intramolecular Hbond substituents is 1. The molecule has 134 valence electrons. The van der Waals surface area contributed by atoms with Gasteiger partial charge in [-0.25, -0.2) is 0 Å². The topological polar surface area (TPSA) is 88.4 Å². The molecule has 2 bridgehead atoms. The van der Waals surface area contributed by atoms with Gasteiger partial charge in [0.15, 0.2) is 5.69 Å². The van der Waals surface area contributed by atoms with Gasteiger partial charge < -0.3 is 20.5 Å². The highest BCUT2D eigenvalue weighted by Crippen LogP contribution is 2.30. The summed E-state index contributed by atoms with van der Waals surface area (Å²) in [6, 6.07) is 6.02. The van der Waals surface area contributed by atoms with E-state index < -0.39 is 0 Å². The van der Waals surface area contributed by atoms with Crippen LogP contribution in [0.2, 0.25) is 0 Å². The van der Waals surface area contributed by atoms with E-state index in [2.05, 4.69) is 15.7 Å². The molecule has 7 nitrogen and oxygen atoms in total. The molecular formula is C18H24N4O3. The molecule has 0 unspecified atom stereocenters. The third-order valence-electron chi connectivity index (χ3n) is 5.00. The largest absolute Gasteiger partial charge is 0.507 e. The SMILES string of the molecule is CC(C)n1nc(C(=O)N[C@H]2C[C@H]3COC[C@@H](C2)N3)c2c(O)cccc21. The highest BCUT2D eigenvalue weighted by atomic mass is 16.5. The summed E-state index contributed by atoms with van der Waals surface area (Å²) in [7, 11) is 0. The predicted molar refractivity (Wildman–Crippen MR) is 93.8 cm³/mol. The lowest BCUT2D eigenvalue weighted by molar-refractivity contribution is 0.0148. The number of rotatable bonds is 3. The van der Waals surface area contributed by atoms with E-state index in [1.54, 1.807) is 16.8 Å². The van der Waals surface area contributed by atoms with Crippen LogP contribution < -0.4 is 10.6 Å². The van der Waals surface area contributed by atoms with Crippen molar-refractivity contribution in [1.29, 1.82) is 0 Å². The minimum atomic E-state index is -0.225. The summed E-state index contributed by atoms with van der Waals surface area (Å²) < 4.78 is 7.34. The highest BCUT2D eigenvalue weighted by molar-refractivity contribution is 6.07. The molecule has 1 aromatic heterocycles. The molecule has 3 heterocycles. The van der Waals surface area contributed by atoms with Crippen LogP contribution in [0.5, 0.6) is 5.75 Å². The number of ether oxygens (including phenoxy) is 1. The molecule has 1 amide bonds. The number of amides is 1. The average Bonchev–Trinajstić information content (AvgIpc) is 2.96. The van der Waals surface area contributed by atoms with Crippen molar-refractivity contribution in [3.8, 4) is 5.75 Å². The molecule has 1 aromatic carbocycles. The molecular weight excluding hydrogens is 320 g/mol. The maximum atomic E-state index is 12.9. The van der Waals surface area contributed by atoms with Crippen molar-refractivity contribution in [1.82, 2.24) is 20.4 Å². The van der Waals surface area contributed by atoms with Crippen LogP contribution in [0.25, 0.3) is 10.9 Å². The van der Waals surface area contributed by atoms with E-state index in [1.165, 1.54) is 0 Å². The van der Waals surface area contributed by atoms with Gasteiger partial charge >= 0.3 is 0 Å². The minimum Gasteiger partial charge on any atom is -0.507 e. The van der Waals surface area contributed by atoms with E-state index in [0.29, 0.717) is 24.3 Å². The van der Waals surface area contributed by atoms with E-state index in [1.807, 2.05) is 19.9 Å². The zero-order valence-corrected chi connectivity index (χ0v) is 14.5. The van der Waals surface area contributed by atoms with Gasteiger partial charge in [-0.1, -0.05) is 6.07 Å². The number of benzene rings is 1. The van der Waals surface area contributed by atoms with E-state index in [9.17, 15) is 9.90 Å². The van der Waals surface area contributed by atoms with Gasteiger partial charge in [0.2, 0.25) is 0 Å². The maximum Gasteiger partial charge on any atom is 0.272 e. The van der Waals surface area contributed by atoms with Gasteiger partial charge in [0.05, 0.1) is 24.1 Å². The number of aromatic hydroxyl groups is 1. The molecule has 7 heteroatoms. The summed E-state index contributed by atoms with van der Waals surface area (Å²) >= 11 is 0. The Kier molecular flexibility index (Phi) is 4.13. The van der Waals surface area contributed by atoms with Crippen molar-refractivity contribution >= 4 is 16.8 Å². The zero-order valence-electron chi connectivity index (χ0n) is 14.5. The van der Waals surface area contributed by atoms with Crippen LogP contribution in [0, 0.1) is 0 Å². The molecule has 4 rings (SSSR count). The number of aromatic nitrogens is 2. The number of morpholine rings is 1. The smallest absolute Gasteiger partial charge is 0.272 e. The molecule has 2 aromatic rings. The number of nitrogens with zero attached hydrogens (tertiary/aromatic N) is 2. The lowest BCUT2D eigenvalue weighted by Gasteiger charge is -2.40. The second kappa shape index (κ2) is 6.31. The van der Waals surface area contributed by atoms with E-state index in [0.717, 1.165) is 18.4 Å². The first kappa shape index (κ1) is 16.4. The van der Waals surface area contributed by atoms with Gasteiger partial charge in [-0.3, -0.25) is 9.48 Å². The van der Waals surface area contributed by atoms with Crippen molar-refractivity contribution in [2.24, 2.45) is 0 Å². The van der Waals surface area contributed by atoms with Gasteiger partial charge in [0.1, 0.15) is 5.75 Å². The third-order valence-corrected chi connectivity index (χ3v) is 5.00. The third kappa shape index (κ3) is 2.98. The van der Waals surface area contributed by atoms with Crippen LogP contribution in [0.15, 0.2) is 18.2 Å². The van der Waals surface area contributed by atoms with Crippen LogP contribution in [0.4, 0.5) is 0 Å². The van der Waals surface area contributed by atoms with Crippen molar-refractivity contribution in [3.63, 3.8) is 0 Å². The Hall–Kier alpha value is -2.12. The second-order valence-electron chi connectivity index (χ2n) is 7.30. The molecule has 0 saturated carbocycles. The van der Waals surface area contributed by atoms with E-state index in [-0.39, 0.29) is 35.8 Å². The monoisotopic (exact) mass is 344 g/mol. The quantitative estimate of drug-likeness (QED) is 0.787. The first-order chi connectivity index (χ1) is 12.0. The summed E-state index contributed by atoms with van der Waals surface area (Å²) in [6.07, 6.45) is 1.69. The fourth-order valence-electron chi connectivity index (χ4n) is 3.94. The van der Waals surface area contributed by atoms with Crippen LogP contribution in [-0.4, -0.2) is 52.1 Å². The Morgan fingerprint density at radius 2 is 2.08 bits per heavy atom. The van der Waals surface area contributed by atoms with Gasteiger partial charge in [-0.2, -0.15) is 5.10 Å². The number of hydrogen-bond donors (Lipinski definition) is 3. The maximum absolute atomic E-state index is 12.9. The summed E-state index contributed by atoms with van der Waals surface area (Å²) in [6.45, 7) is 5.39. The number of hydrogen-bond acceptors (Lipinski definition) is 5. The molecule has 2 aliphatic heterocycles. The number of carbonyl (C=O) groups excluding carboxylic acids is 1. The van der Waals surface area contributed by atoms with Crippen LogP contribution in [0.1, 0.15) is 43.2 Å². The van der Waals surface area contributed by atoms with Crippen molar-refractivity contribution in [2.75, 3.05) is 13.2 Å². The Balaban J connectivity index is 1.62. The molecule has 3 atom stereocenters. The standard InChI is InChI=1S/C18H24N4O3/c1-10(2)22-14-4-3-5-15(23)16(14)17(21-22)18(24)20-11-6-12-8-25-9-13(7-11)19-12/h3-5,10-13,19,23H,6-9H2,1-2H3,(H,20,24)/t11-,12-,13+.